The molecule has 4 heteroatoms. The Labute approximate surface area is 158 Å². The first-order chi connectivity index (χ1) is 12.5. The number of piperidine rings is 2. The zero-order valence-corrected chi connectivity index (χ0v) is 16.6. The molecule has 0 radical (unpaired) electrons. The van der Waals surface area contributed by atoms with Gasteiger partial charge in [0.05, 0.1) is 38.3 Å². The molecule has 1 aromatic carbocycles. The zero-order valence-electron chi connectivity index (χ0n) is 16.6. The molecule has 1 aromatic rings. The second kappa shape index (κ2) is 8.43. The van der Waals surface area contributed by atoms with Gasteiger partial charge in [-0.1, -0.05) is 13.8 Å². The maximum Gasteiger partial charge on any atom is 0.338 e. The van der Waals surface area contributed by atoms with E-state index in [2.05, 4.69) is 20.9 Å². The number of esters is 1. The molecule has 3 atom stereocenters. The van der Waals surface area contributed by atoms with Crippen LogP contribution in [0, 0.1) is 11.8 Å². The third-order valence-corrected chi connectivity index (χ3v) is 6.11. The highest BCUT2D eigenvalue weighted by atomic mass is 16.5. The molecule has 144 valence electrons. The third-order valence-electron chi connectivity index (χ3n) is 6.11. The molecule has 0 N–H and O–H groups in total. The minimum atomic E-state index is -0.212. The van der Waals surface area contributed by atoms with E-state index in [-0.39, 0.29) is 5.97 Å². The summed E-state index contributed by atoms with van der Waals surface area (Å²) in [5, 5.41) is 0. The van der Waals surface area contributed by atoms with Crippen molar-refractivity contribution >= 4 is 5.97 Å². The SMILES string of the molecule is CC(C)COc1ccc(C(=O)OC[C@H]2CCC[N+]3(C)CCCC[C@H]23)cc1. The van der Waals surface area contributed by atoms with E-state index in [1.807, 2.05) is 12.1 Å². The maximum absolute atomic E-state index is 12.4. The van der Waals surface area contributed by atoms with Crippen molar-refractivity contribution in [2.45, 2.75) is 52.0 Å². The molecule has 1 unspecified atom stereocenters. The van der Waals surface area contributed by atoms with Crippen molar-refractivity contribution in [3.8, 4) is 5.75 Å². The van der Waals surface area contributed by atoms with Gasteiger partial charge in [0.15, 0.2) is 0 Å². The fraction of sp³-hybridized carbons (Fsp3) is 0.682. The summed E-state index contributed by atoms with van der Waals surface area (Å²) in [4.78, 5) is 12.4. The third kappa shape index (κ3) is 4.59. The topological polar surface area (TPSA) is 35.5 Å². The lowest BCUT2D eigenvalue weighted by atomic mass is 9.82. The molecule has 0 aromatic heterocycles. The molecule has 3 rings (SSSR count). The zero-order chi connectivity index (χ0) is 18.6. The molecule has 26 heavy (non-hydrogen) atoms. The number of fused-ring (bicyclic) bond motifs is 1. The lowest BCUT2D eigenvalue weighted by molar-refractivity contribution is -0.947. The van der Waals surface area contributed by atoms with Crippen molar-refractivity contribution in [1.29, 1.82) is 0 Å². The fourth-order valence-electron chi connectivity index (χ4n) is 4.64. The number of hydrogen-bond acceptors (Lipinski definition) is 3. The largest absolute Gasteiger partial charge is 0.493 e. The summed E-state index contributed by atoms with van der Waals surface area (Å²) in [7, 11) is 2.40. The van der Waals surface area contributed by atoms with Gasteiger partial charge in [-0.15, -0.1) is 0 Å². The predicted octanol–water partition coefficient (Wildman–Crippen LogP) is 4.29. The highest BCUT2D eigenvalue weighted by Crippen LogP contribution is 2.36. The van der Waals surface area contributed by atoms with Crippen LogP contribution in [0.3, 0.4) is 0 Å². The van der Waals surface area contributed by atoms with Crippen molar-refractivity contribution in [2.75, 3.05) is 33.4 Å². The lowest BCUT2D eigenvalue weighted by Gasteiger charge is -2.51. The number of quaternary nitrogens is 1. The normalized spacial score (nSPS) is 28.5. The van der Waals surface area contributed by atoms with Crippen LogP contribution in [0.15, 0.2) is 24.3 Å². The first-order valence-corrected chi connectivity index (χ1v) is 10.2. The van der Waals surface area contributed by atoms with Crippen molar-refractivity contribution < 1.29 is 18.8 Å². The number of hydrogen-bond donors (Lipinski definition) is 0. The second-order valence-electron chi connectivity index (χ2n) is 8.72. The second-order valence-corrected chi connectivity index (χ2v) is 8.72. The highest BCUT2D eigenvalue weighted by Gasteiger charge is 2.43. The molecule has 2 aliphatic heterocycles. The van der Waals surface area contributed by atoms with Crippen LogP contribution in [0.25, 0.3) is 0 Å². The van der Waals surface area contributed by atoms with E-state index in [0.717, 1.165) is 5.75 Å². The minimum absolute atomic E-state index is 0.212. The van der Waals surface area contributed by atoms with Gasteiger partial charge in [0, 0.05) is 12.3 Å². The molecular formula is C22H34NO3+. The Morgan fingerprint density at radius 3 is 2.58 bits per heavy atom. The standard InChI is InChI=1S/C22H34NO3/c1-17(2)15-25-20-11-9-18(10-12-20)22(24)26-16-19-7-6-14-23(3)13-5-4-8-21(19)23/h9-12,17,19,21H,4-8,13-16H2,1-3H3/q+1/t19-,21-,23?/m1/s1. The van der Waals surface area contributed by atoms with E-state index in [1.165, 1.54) is 49.7 Å². The Bertz CT molecular complexity index is 594. The van der Waals surface area contributed by atoms with Gasteiger partial charge in [-0.3, -0.25) is 0 Å². The number of benzene rings is 1. The van der Waals surface area contributed by atoms with Crippen molar-refractivity contribution in [3.05, 3.63) is 29.8 Å². The average molecular weight is 361 g/mol. The van der Waals surface area contributed by atoms with Crippen LogP contribution in [-0.4, -0.2) is 49.8 Å². The summed E-state index contributed by atoms with van der Waals surface area (Å²) >= 11 is 0. The van der Waals surface area contributed by atoms with Gasteiger partial charge >= 0.3 is 5.97 Å². The molecule has 0 bridgehead atoms. The maximum atomic E-state index is 12.4. The Morgan fingerprint density at radius 1 is 1.12 bits per heavy atom. The minimum Gasteiger partial charge on any atom is -0.493 e. The summed E-state index contributed by atoms with van der Waals surface area (Å²) < 4.78 is 12.6. The van der Waals surface area contributed by atoms with Gasteiger partial charge in [0.25, 0.3) is 0 Å². The van der Waals surface area contributed by atoms with Gasteiger partial charge < -0.3 is 14.0 Å². The smallest absolute Gasteiger partial charge is 0.338 e. The van der Waals surface area contributed by atoms with E-state index in [4.69, 9.17) is 9.47 Å². The van der Waals surface area contributed by atoms with Crippen LogP contribution < -0.4 is 4.74 Å². The van der Waals surface area contributed by atoms with Gasteiger partial charge in [-0.25, -0.2) is 4.79 Å². The molecule has 0 amide bonds. The lowest BCUT2D eigenvalue weighted by Crippen LogP contribution is -2.61. The van der Waals surface area contributed by atoms with Crippen LogP contribution >= 0.6 is 0 Å². The molecule has 2 heterocycles. The molecule has 0 saturated carbocycles. The number of carbonyl (C=O) groups excluding carboxylic acids is 1. The molecule has 4 nitrogen and oxygen atoms in total. The molecule has 0 spiro atoms. The van der Waals surface area contributed by atoms with Gasteiger partial charge in [0.2, 0.25) is 0 Å². The van der Waals surface area contributed by atoms with Crippen LogP contribution in [-0.2, 0) is 4.74 Å². The Morgan fingerprint density at radius 2 is 1.85 bits per heavy atom. The van der Waals surface area contributed by atoms with E-state index in [1.54, 1.807) is 12.1 Å². The van der Waals surface area contributed by atoms with E-state index in [9.17, 15) is 4.79 Å². The summed E-state index contributed by atoms with van der Waals surface area (Å²) in [6.07, 6.45) is 6.37. The molecule has 2 saturated heterocycles. The number of ether oxygens (including phenoxy) is 2. The van der Waals surface area contributed by atoms with Gasteiger partial charge in [-0.05, 0) is 55.9 Å². The fourth-order valence-corrected chi connectivity index (χ4v) is 4.64. The Balaban J connectivity index is 1.53. The van der Waals surface area contributed by atoms with Gasteiger partial charge in [-0.2, -0.15) is 0 Å². The first-order valence-electron chi connectivity index (χ1n) is 10.2. The van der Waals surface area contributed by atoms with E-state index in [0.29, 0.717) is 36.7 Å². The summed E-state index contributed by atoms with van der Waals surface area (Å²) in [6.45, 7) is 8.05. The molecule has 2 fully saturated rings. The van der Waals surface area contributed by atoms with E-state index < -0.39 is 0 Å². The summed E-state index contributed by atoms with van der Waals surface area (Å²) in [5.74, 6) is 1.58. The quantitative estimate of drug-likeness (QED) is 0.561. The molecule has 0 aliphatic carbocycles. The number of carbonyl (C=O) groups is 1. The monoisotopic (exact) mass is 360 g/mol. The summed E-state index contributed by atoms with van der Waals surface area (Å²) in [5.41, 5.74) is 0.610. The molecule has 2 aliphatic rings. The van der Waals surface area contributed by atoms with Crippen molar-refractivity contribution in [1.82, 2.24) is 0 Å². The van der Waals surface area contributed by atoms with Crippen molar-refractivity contribution in [3.63, 3.8) is 0 Å². The Kier molecular flexibility index (Phi) is 6.23. The number of rotatable bonds is 6. The predicted molar refractivity (Wildman–Crippen MR) is 103 cm³/mol. The van der Waals surface area contributed by atoms with Crippen LogP contribution in [0.1, 0.15) is 56.3 Å². The van der Waals surface area contributed by atoms with Gasteiger partial charge in [0.1, 0.15) is 12.4 Å². The van der Waals surface area contributed by atoms with Crippen LogP contribution in [0.2, 0.25) is 0 Å². The summed E-state index contributed by atoms with van der Waals surface area (Å²) in [6, 6.07) is 7.99. The van der Waals surface area contributed by atoms with Crippen LogP contribution in [0.5, 0.6) is 5.75 Å². The van der Waals surface area contributed by atoms with E-state index >= 15 is 0 Å². The van der Waals surface area contributed by atoms with Crippen molar-refractivity contribution in [2.24, 2.45) is 11.8 Å². The molecular weight excluding hydrogens is 326 g/mol. The first kappa shape index (κ1) is 19.2. The Hall–Kier alpha value is -1.55. The number of nitrogens with zero attached hydrogens (tertiary/aromatic N) is 1. The van der Waals surface area contributed by atoms with Crippen LogP contribution in [0.4, 0.5) is 0 Å². The average Bonchev–Trinajstić information content (AvgIpc) is 2.64. The highest BCUT2D eigenvalue weighted by molar-refractivity contribution is 5.89.